The van der Waals surface area contributed by atoms with Crippen LogP contribution in [0.5, 0.6) is 5.75 Å². The number of anilines is 1. The molecule has 0 atom stereocenters. The van der Waals surface area contributed by atoms with Gasteiger partial charge in [0.25, 0.3) is 0 Å². The van der Waals surface area contributed by atoms with Crippen molar-refractivity contribution in [1.29, 1.82) is 0 Å². The number of aromatic hydroxyl groups is 1. The lowest BCUT2D eigenvalue weighted by atomic mass is 10.2. The highest BCUT2D eigenvalue weighted by atomic mass is 16.3. The van der Waals surface area contributed by atoms with E-state index in [0.29, 0.717) is 28.1 Å². The van der Waals surface area contributed by atoms with Gasteiger partial charge in [0.2, 0.25) is 0 Å². The summed E-state index contributed by atoms with van der Waals surface area (Å²) < 4.78 is 5.56. The molecule has 5 heteroatoms. The number of nitrogens with two attached hydrogens (primary N) is 1. The Morgan fingerprint density at radius 2 is 2.25 bits per heavy atom. The summed E-state index contributed by atoms with van der Waals surface area (Å²) in [4.78, 5) is 0. The van der Waals surface area contributed by atoms with E-state index in [0.717, 1.165) is 0 Å². The first-order valence-corrected chi connectivity index (χ1v) is 4.76. The van der Waals surface area contributed by atoms with E-state index in [-0.39, 0.29) is 5.75 Å². The fraction of sp³-hybridized carbons (Fsp3) is 0. The molecule has 0 aliphatic rings. The summed E-state index contributed by atoms with van der Waals surface area (Å²) in [6.07, 6.45) is 1.52. The maximum Gasteiger partial charge on any atom is 0.155 e. The van der Waals surface area contributed by atoms with E-state index in [2.05, 4.69) is 10.2 Å². The van der Waals surface area contributed by atoms with Gasteiger partial charge in [0.05, 0.1) is 17.3 Å². The highest BCUT2D eigenvalue weighted by molar-refractivity contribution is 5.88. The Morgan fingerprint density at radius 1 is 1.38 bits per heavy atom. The molecule has 0 bridgehead atoms. The van der Waals surface area contributed by atoms with E-state index in [1.54, 1.807) is 24.3 Å². The molecule has 80 valence electrons. The predicted octanol–water partition coefficient (Wildman–Crippen LogP) is 2.11. The minimum absolute atomic E-state index is 0.186. The fourth-order valence-corrected chi connectivity index (χ4v) is 1.66. The minimum atomic E-state index is 0.186. The van der Waals surface area contributed by atoms with E-state index in [1.807, 2.05) is 0 Å². The van der Waals surface area contributed by atoms with Crippen LogP contribution in [-0.4, -0.2) is 15.3 Å². The Bertz CT molecular complexity index is 654. The van der Waals surface area contributed by atoms with Gasteiger partial charge in [-0.15, -0.1) is 0 Å². The smallest absolute Gasteiger partial charge is 0.155 e. The van der Waals surface area contributed by atoms with Crippen molar-refractivity contribution in [2.75, 3.05) is 5.73 Å². The number of nitrogens with zero attached hydrogens (tertiary/aromatic N) is 1. The molecule has 0 radical (unpaired) electrons. The van der Waals surface area contributed by atoms with Crippen molar-refractivity contribution in [3.05, 3.63) is 30.5 Å². The maximum absolute atomic E-state index is 9.63. The summed E-state index contributed by atoms with van der Waals surface area (Å²) in [7, 11) is 0. The topological polar surface area (TPSA) is 88.1 Å². The van der Waals surface area contributed by atoms with Crippen LogP contribution in [0.15, 0.2) is 34.9 Å². The first kappa shape index (κ1) is 8.84. The molecule has 4 N–H and O–H groups in total. The number of rotatable bonds is 1. The molecule has 3 rings (SSSR count). The largest absolute Gasteiger partial charge is 0.507 e. The number of hydrogen-bond acceptors (Lipinski definition) is 4. The van der Waals surface area contributed by atoms with Crippen LogP contribution in [0.3, 0.4) is 0 Å². The molecule has 0 aliphatic carbocycles. The Labute approximate surface area is 90.5 Å². The Hall–Kier alpha value is -2.43. The van der Waals surface area contributed by atoms with Crippen molar-refractivity contribution in [3.63, 3.8) is 0 Å². The number of hydrogen-bond donors (Lipinski definition) is 3. The number of phenolic OH excluding ortho intramolecular Hbond substituents is 1. The van der Waals surface area contributed by atoms with Gasteiger partial charge in [-0.25, -0.2) is 0 Å². The van der Waals surface area contributed by atoms with Gasteiger partial charge in [0.15, 0.2) is 5.76 Å². The molecule has 0 fully saturated rings. The molecule has 2 aromatic heterocycles. The average Bonchev–Trinajstić information content (AvgIpc) is 2.84. The van der Waals surface area contributed by atoms with Gasteiger partial charge in [0, 0.05) is 0 Å². The molecular weight excluding hydrogens is 206 g/mol. The fourth-order valence-electron chi connectivity index (χ4n) is 1.66. The third kappa shape index (κ3) is 1.15. The van der Waals surface area contributed by atoms with Crippen LogP contribution < -0.4 is 5.73 Å². The van der Waals surface area contributed by atoms with E-state index >= 15 is 0 Å². The van der Waals surface area contributed by atoms with Gasteiger partial charge < -0.3 is 15.3 Å². The molecule has 0 aliphatic heterocycles. The van der Waals surface area contributed by atoms with Crippen molar-refractivity contribution in [2.45, 2.75) is 0 Å². The van der Waals surface area contributed by atoms with E-state index in [1.165, 1.54) is 6.20 Å². The van der Waals surface area contributed by atoms with Crippen molar-refractivity contribution >= 4 is 16.7 Å². The number of benzene rings is 1. The number of nitrogen functional groups attached to an aromatic ring is 1. The van der Waals surface area contributed by atoms with Crippen LogP contribution in [0.2, 0.25) is 0 Å². The first-order chi connectivity index (χ1) is 7.75. The normalized spacial score (nSPS) is 11.0. The summed E-state index contributed by atoms with van der Waals surface area (Å²) in [5.74, 6) is 0.747. The maximum atomic E-state index is 9.63. The van der Waals surface area contributed by atoms with Crippen LogP contribution in [0, 0.1) is 0 Å². The zero-order valence-electron chi connectivity index (χ0n) is 8.27. The quantitative estimate of drug-likeness (QED) is 0.580. The lowest BCUT2D eigenvalue weighted by Gasteiger charge is -1.91. The molecule has 0 saturated heterocycles. The zero-order valence-corrected chi connectivity index (χ0v) is 8.27. The highest BCUT2D eigenvalue weighted by Gasteiger charge is 2.12. The predicted molar refractivity (Wildman–Crippen MR) is 59.9 cm³/mol. The summed E-state index contributed by atoms with van der Waals surface area (Å²) in [6.45, 7) is 0. The second-order valence-electron chi connectivity index (χ2n) is 3.50. The van der Waals surface area contributed by atoms with Crippen LogP contribution in [-0.2, 0) is 0 Å². The van der Waals surface area contributed by atoms with Gasteiger partial charge in [-0.1, -0.05) is 6.07 Å². The Balaban J connectivity index is 2.27. The first-order valence-electron chi connectivity index (χ1n) is 4.76. The molecule has 0 spiro atoms. The van der Waals surface area contributed by atoms with Gasteiger partial charge in [0.1, 0.15) is 17.0 Å². The second kappa shape index (κ2) is 3.03. The SMILES string of the molecule is Nc1cn[nH]c1-c1cc2c(O)cccc2o1. The summed E-state index contributed by atoms with van der Waals surface area (Å²) >= 11 is 0. The molecular formula is C11H9N3O2. The van der Waals surface area contributed by atoms with Crippen LogP contribution in [0.4, 0.5) is 5.69 Å². The third-order valence-electron chi connectivity index (χ3n) is 2.45. The van der Waals surface area contributed by atoms with Crippen LogP contribution in [0.1, 0.15) is 0 Å². The summed E-state index contributed by atoms with van der Waals surface area (Å²) in [5.41, 5.74) is 7.46. The number of phenols is 1. The molecule has 0 saturated carbocycles. The van der Waals surface area contributed by atoms with Gasteiger partial charge in [-0.2, -0.15) is 5.10 Å². The molecule has 0 amide bonds. The monoisotopic (exact) mass is 215 g/mol. The number of furan rings is 1. The Kier molecular flexibility index (Phi) is 1.67. The van der Waals surface area contributed by atoms with E-state index in [9.17, 15) is 5.11 Å². The minimum Gasteiger partial charge on any atom is -0.507 e. The molecule has 5 nitrogen and oxygen atoms in total. The van der Waals surface area contributed by atoms with Crippen molar-refractivity contribution in [3.8, 4) is 17.2 Å². The van der Waals surface area contributed by atoms with Gasteiger partial charge in [-0.05, 0) is 18.2 Å². The Morgan fingerprint density at radius 3 is 2.94 bits per heavy atom. The van der Waals surface area contributed by atoms with Crippen LogP contribution >= 0.6 is 0 Å². The van der Waals surface area contributed by atoms with E-state index < -0.39 is 0 Å². The zero-order chi connectivity index (χ0) is 11.1. The number of aromatic amines is 1. The van der Waals surface area contributed by atoms with Crippen molar-refractivity contribution in [1.82, 2.24) is 10.2 Å². The third-order valence-corrected chi connectivity index (χ3v) is 2.45. The summed E-state index contributed by atoms with van der Waals surface area (Å²) in [6, 6.07) is 6.85. The number of aromatic nitrogens is 2. The number of fused-ring (bicyclic) bond motifs is 1. The second-order valence-corrected chi connectivity index (χ2v) is 3.50. The number of nitrogens with one attached hydrogen (secondary N) is 1. The average molecular weight is 215 g/mol. The van der Waals surface area contributed by atoms with Crippen LogP contribution in [0.25, 0.3) is 22.4 Å². The van der Waals surface area contributed by atoms with Gasteiger partial charge in [-0.3, -0.25) is 5.10 Å². The van der Waals surface area contributed by atoms with E-state index in [4.69, 9.17) is 10.2 Å². The number of H-pyrrole nitrogens is 1. The lowest BCUT2D eigenvalue weighted by Crippen LogP contribution is -1.84. The van der Waals surface area contributed by atoms with Crippen molar-refractivity contribution in [2.24, 2.45) is 0 Å². The van der Waals surface area contributed by atoms with Crippen molar-refractivity contribution < 1.29 is 9.52 Å². The highest BCUT2D eigenvalue weighted by Crippen LogP contribution is 2.33. The molecule has 3 aromatic rings. The molecule has 0 unspecified atom stereocenters. The lowest BCUT2D eigenvalue weighted by molar-refractivity contribution is 0.481. The summed E-state index contributed by atoms with van der Waals surface area (Å²) in [5, 5.41) is 16.9. The molecule has 2 heterocycles. The molecule has 16 heavy (non-hydrogen) atoms. The molecule has 1 aromatic carbocycles. The standard InChI is InChI=1S/C11H9N3O2/c12-7-5-13-14-11(7)10-4-6-8(15)2-1-3-9(6)16-10/h1-5,15H,12H2,(H,13,14). The van der Waals surface area contributed by atoms with Gasteiger partial charge >= 0.3 is 0 Å².